The molecule has 0 fully saturated rings. The number of phenolic OH excluding ortho intramolecular Hbond substituents is 1. The van der Waals surface area contributed by atoms with Gasteiger partial charge < -0.3 is 14.6 Å². The van der Waals surface area contributed by atoms with E-state index in [9.17, 15) is 9.90 Å². The molecule has 2 aromatic rings. The number of aromatic hydroxyl groups is 1. The van der Waals surface area contributed by atoms with E-state index in [1.807, 2.05) is 0 Å². The summed E-state index contributed by atoms with van der Waals surface area (Å²) < 4.78 is 10.3. The highest BCUT2D eigenvalue weighted by molar-refractivity contribution is 6.35. The van der Waals surface area contributed by atoms with Gasteiger partial charge in [0.15, 0.2) is 17.3 Å². The molecule has 0 aromatic heterocycles. The Morgan fingerprint density at radius 2 is 1.68 bits per heavy atom. The van der Waals surface area contributed by atoms with E-state index in [1.54, 1.807) is 42.5 Å². The minimum atomic E-state index is -0.251. The summed E-state index contributed by atoms with van der Waals surface area (Å²) in [5.74, 6) is 0.824. The van der Waals surface area contributed by atoms with Gasteiger partial charge in [-0.05, 0) is 29.8 Å². The summed E-state index contributed by atoms with van der Waals surface area (Å²) in [5.41, 5.74) is 1.12. The largest absolute Gasteiger partial charge is 0.508 e. The molecule has 2 rings (SSSR count). The van der Waals surface area contributed by atoms with Crippen molar-refractivity contribution < 1.29 is 19.4 Å². The molecule has 4 nitrogen and oxygen atoms in total. The van der Waals surface area contributed by atoms with E-state index in [0.717, 1.165) is 5.56 Å². The van der Waals surface area contributed by atoms with Gasteiger partial charge in [-0.3, -0.25) is 4.79 Å². The first-order valence-electron chi connectivity index (χ1n) is 6.48. The second kappa shape index (κ2) is 7.00. The Balaban J connectivity index is 2.27. The first kappa shape index (κ1) is 15.9. The van der Waals surface area contributed by atoms with Crippen molar-refractivity contribution in [2.45, 2.75) is 0 Å². The van der Waals surface area contributed by atoms with Crippen molar-refractivity contribution >= 4 is 23.5 Å². The van der Waals surface area contributed by atoms with Crippen LogP contribution in [-0.2, 0) is 0 Å². The van der Waals surface area contributed by atoms with E-state index >= 15 is 0 Å². The van der Waals surface area contributed by atoms with Crippen LogP contribution in [-0.4, -0.2) is 25.1 Å². The monoisotopic (exact) mass is 318 g/mol. The second-order valence-corrected chi connectivity index (χ2v) is 4.88. The number of allylic oxidation sites excluding steroid dienone is 1. The second-order valence-electron chi connectivity index (χ2n) is 4.48. The number of carbonyl (C=O) groups is 1. The summed E-state index contributed by atoms with van der Waals surface area (Å²) in [6.45, 7) is 0. The average Bonchev–Trinajstić information content (AvgIpc) is 2.53. The van der Waals surface area contributed by atoms with Gasteiger partial charge in [0.1, 0.15) is 5.75 Å². The van der Waals surface area contributed by atoms with Gasteiger partial charge in [0.2, 0.25) is 0 Å². The predicted molar refractivity (Wildman–Crippen MR) is 86.0 cm³/mol. The van der Waals surface area contributed by atoms with Crippen LogP contribution in [0.1, 0.15) is 15.9 Å². The highest BCUT2D eigenvalue weighted by Gasteiger charge is 2.13. The van der Waals surface area contributed by atoms with E-state index in [1.165, 1.54) is 20.3 Å². The predicted octanol–water partition coefficient (Wildman–Crippen LogP) is 3.96. The summed E-state index contributed by atoms with van der Waals surface area (Å²) in [5, 5.41) is 9.51. The molecule has 1 N–H and O–H groups in total. The molecule has 0 aliphatic heterocycles. The minimum Gasteiger partial charge on any atom is -0.508 e. The molecule has 0 radical (unpaired) electrons. The van der Waals surface area contributed by atoms with Crippen LogP contribution in [0.5, 0.6) is 17.2 Å². The third-order valence-corrected chi connectivity index (χ3v) is 3.37. The number of ether oxygens (including phenoxy) is 2. The van der Waals surface area contributed by atoms with Gasteiger partial charge in [0.25, 0.3) is 0 Å². The molecule has 0 saturated carbocycles. The lowest BCUT2D eigenvalue weighted by Crippen LogP contribution is -1.99. The van der Waals surface area contributed by atoms with E-state index in [0.29, 0.717) is 17.1 Å². The maximum atomic E-state index is 12.3. The molecule has 22 heavy (non-hydrogen) atoms. The summed E-state index contributed by atoms with van der Waals surface area (Å²) in [7, 11) is 2.99. The first-order chi connectivity index (χ1) is 10.5. The van der Waals surface area contributed by atoms with Crippen LogP contribution in [0.3, 0.4) is 0 Å². The van der Waals surface area contributed by atoms with Gasteiger partial charge >= 0.3 is 0 Å². The summed E-state index contributed by atoms with van der Waals surface area (Å²) in [6, 6.07) is 9.60. The number of hydrogen-bond donors (Lipinski definition) is 1. The Labute approximate surface area is 133 Å². The fourth-order valence-corrected chi connectivity index (χ4v) is 2.14. The molecular formula is C17H15ClO4. The highest BCUT2D eigenvalue weighted by Crippen LogP contribution is 2.33. The number of benzene rings is 2. The zero-order valence-corrected chi connectivity index (χ0v) is 12.9. The number of hydrogen-bond acceptors (Lipinski definition) is 4. The Kier molecular flexibility index (Phi) is 5.07. The molecule has 0 saturated heterocycles. The zero-order chi connectivity index (χ0) is 16.1. The van der Waals surface area contributed by atoms with Crippen molar-refractivity contribution in [2.24, 2.45) is 0 Å². The van der Waals surface area contributed by atoms with Crippen LogP contribution in [0.25, 0.3) is 6.08 Å². The SMILES string of the molecule is COc1cc(Cl)c(C(=O)C=Cc2ccc(O)cc2)cc1OC. The Morgan fingerprint density at radius 1 is 1.09 bits per heavy atom. The average molecular weight is 319 g/mol. The van der Waals surface area contributed by atoms with Crippen LogP contribution in [0.4, 0.5) is 0 Å². The van der Waals surface area contributed by atoms with Gasteiger partial charge in [-0.15, -0.1) is 0 Å². The molecule has 5 heteroatoms. The molecule has 0 heterocycles. The maximum Gasteiger partial charge on any atom is 0.187 e. The number of ketones is 1. The quantitative estimate of drug-likeness (QED) is 0.669. The van der Waals surface area contributed by atoms with Crippen LogP contribution in [0, 0.1) is 0 Å². The molecule has 0 amide bonds. The molecule has 0 unspecified atom stereocenters. The lowest BCUT2D eigenvalue weighted by Gasteiger charge is -2.10. The molecule has 0 aliphatic rings. The van der Waals surface area contributed by atoms with Gasteiger partial charge in [-0.25, -0.2) is 0 Å². The number of halogens is 1. The molecule has 0 spiro atoms. The summed E-state index contributed by atoms with van der Waals surface area (Å²) in [6.07, 6.45) is 3.06. The minimum absolute atomic E-state index is 0.173. The third-order valence-electron chi connectivity index (χ3n) is 3.06. The van der Waals surface area contributed by atoms with Gasteiger partial charge in [0, 0.05) is 11.6 Å². The maximum absolute atomic E-state index is 12.3. The number of rotatable bonds is 5. The molecule has 0 atom stereocenters. The number of carbonyl (C=O) groups excluding carboxylic acids is 1. The first-order valence-corrected chi connectivity index (χ1v) is 6.86. The van der Waals surface area contributed by atoms with E-state index in [4.69, 9.17) is 21.1 Å². The van der Waals surface area contributed by atoms with Crippen molar-refractivity contribution in [3.63, 3.8) is 0 Å². The Bertz CT molecular complexity index is 705. The van der Waals surface area contributed by atoms with Crippen molar-refractivity contribution in [3.8, 4) is 17.2 Å². The van der Waals surface area contributed by atoms with E-state index < -0.39 is 0 Å². The van der Waals surface area contributed by atoms with Crippen LogP contribution in [0.2, 0.25) is 5.02 Å². The summed E-state index contributed by atoms with van der Waals surface area (Å²) in [4.78, 5) is 12.3. The fraction of sp³-hybridized carbons (Fsp3) is 0.118. The van der Waals surface area contributed by atoms with E-state index in [2.05, 4.69) is 0 Å². The van der Waals surface area contributed by atoms with Crippen molar-refractivity contribution in [1.29, 1.82) is 0 Å². The van der Waals surface area contributed by atoms with Crippen LogP contribution >= 0.6 is 11.6 Å². The van der Waals surface area contributed by atoms with Crippen molar-refractivity contribution in [2.75, 3.05) is 14.2 Å². The molecule has 114 valence electrons. The normalized spacial score (nSPS) is 10.7. The van der Waals surface area contributed by atoms with Gasteiger partial charge in [-0.2, -0.15) is 0 Å². The van der Waals surface area contributed by atoms with Crippen LogP contribution < -0.4 is 9.47 Å². The zero-order valence-electron chi connectivity index (χ0n) is 12.2. The third kappa shape index (κ3) is 3.59. The topological polar surface area (TPSA) is 55.8 Å². The molecule has 2 aromatic carbocycles. The smallest absolute Gasteiger partial charge is 0.187 e. The Hall–Kier alpha value is -2.46. The number of phenols is 1. The van der Waals surface area contributed by atoms with Gasteiger partial charge in [-0.1, -0.05) is 29.8 Å². The highest BCUT2D eigenvalue weighted by atomic mass is 35.5. The fourth-order valence-electron chi connectivity index (χ4n) is 1.89. The number of methoxy groups -OCH3 is 2. The van der Waals surface area contributed by atoms with Crippen molar-refractivity contribution in [1.82, 2.24) is 0 Å². The van der Waals surface area contributed by atoms with Crippen LogP contribution in [0.15, 0.2) is 42.5 Å². The molecule has 0 aliphatic carbocycles. The molecular weight excluding hydrogens is 304 g/mol. The lowest BCUT2D eigenvalue weighted by atomic mass is 10.1. The Morgan fingerprint density at radius 3 is 2.27 bits per heavy atom. The molecule has 0 bridgehead atoms. The lowest BCUT2D eigenvalue weighted by molar-refractivity contribution is 0.104. The standard InChI is InChI=1S/C17H15ClO4/c1-21-16-9-13(14(18)10-17(16)22-2)15(20)8-5-11-3-6-12(19)7-4-11/h3-10,19H,1-2H3. The van der Waals surface area contributed by atoms with Crippen molar-refractivity contribution in [3.05, 3.63) is 58.6 Å². The summed E-state index contributed by atoms with van der Waals surface area (Å²) >= 11 is 6.11. The van der Waals surface area contributed by atoms with Gasteiger partial charge in [0.05, 0.1) is 19.2 Å². The van der Waals surface area contributed by atoms with E-state index in [-0.39, 0.29) is 16.6 Å².